The Bertz CT molecular complexity index is 1320. The third-order valence-corrected chi connectivity index (χ3v) is 6.20. The largest absolute Gasteiger partial charge is 0.466 e. The van der Waals surface area contributed by atoms with Gasteiger partial charge in [0.1, 0.15) is 6.04 Å². The molecule has 0 spiro atoms. The van der Waals surface area contributed by atoms with E-state index in [1.807, 2.05) is 0 Å². The highest BCUT2D eigenvalue weighted by molar-refractivity contribution is 7.11. The Kier molecular flexibility index (Phi) is 6.71. The summed E-state index contributed by atoms with van der Waals surface area (Å²) < 4.78 is 37.8. The number of benzene rings is 2. The van der Waals surface area contributed by atoms with Crippen molar-refractivity contribution >= 4 is 46.4 Å². The maximum atomic E-state index is 14.3. The van der Waals surface area contributed by atoms with Crippen LogP contribution in [0.15, 0.2) is 58.5 Å². The molecule has 174 valence electrons. The molecule has 1 N–H and O–H groups in total. The third-order valence-electron chi connectivity index (χ3n) is 5.04. The summed E-state index contributed by atoms with van der Waals surface area (Å²) in [4.78, 5) is 33.6. The number of rotatable bonds is 5. The second-order valence-corrected chi connectivity index (χ2v) is 8.23. The number of halogens is 3. The number of carbonyl (C=O) groups excluding carboxylic acids is 2. The van der Waals surface area contributed by atoms with E-state index in [9.17, 15) is 18.4 Å². The molecule has 2 heterocycles. The van der Waals surface area contributed by atoms with Gasteiger partial charge in [0.15, 0.2) is 22.5 Å². The van der Waals surface area contributed by atoms with E-state index in [-0.39, 0.29) is 16.8 Å². The molecule has 1 atom stereocenters. The van der Waals surface area contributed by atoms with E-state index in [0.717, 1.165) is 6.07 Å². The lowest BCUT2D eigenvalue weighted by molar-refractivity contribution is -0.136. The first kappa shape index (κ1) is 23.5. The van der Waals surface area contributed by atoms with E-state index < -0.39 is 34.6 Å². The van der Waals surface area contributed by atoms with Gasteiger partial charge in [0.05, 0.1) is 36.1 Å². The van der Waals surface area contributed by atoms with E-state index in [2.05, 4.69) is 15.3 Å². The van der Waals surface area contributed by atoms with Crippen LogP contribution in [0.1, 0.15) is 32.5 Å². The number of aliphatic imine (C=N–C) groups is 1. The summed E-state index contributed by atoms with van der Waals surface area (Å²) >= 11 is 7.43. The summed E-state index contributed by atoms with van der Waals surface area (Å²) in [7, 11) is 2.46. The van der Waals surface area contributed by atoms with Crippen LogP contribution in [0.25, 0.3) is 5.70 Å². The van der Waals surface area contributed by atoms with Crippen LogP contribution in [0.4, 0.5) is 8.78 Å². The van der Waals surface area contributed by atoms with Gasteiger partial charge >= 0.3 is 11.9 Å². The van der Waals surface area contributed by atoms with Gasteiger partial charge in [0.2, 0.25) is 0 Å². The molecule has 0 saturated heterocycles. The van der Waals surface area contributed by atoms with Crippen LogP contribution in [-0.4, -0.2) is 37.0 Å². The Balaban J connectivity index is 1.94. The van der Waals surface area contributed by atoms with Crippen LogP contribution >= 0.6 is 22.9 Å². The first-order chi connectivity index (χ1) is 16.3. The summed E-state index contributed by atoms with van der Waals surface area (Å²) in [6.07, 6.45) is 1.58. The van der Waals surface area contributed by atoms with Crippen molar-refractivity contribution in [3.63, 3.8) is 0 Å². The molecule has 7 nitrogen and oxygen atoms in total. The average Bonchev–Trinajstić information content (AvgIpc) is 3.41. The van der Waals surface area contributed by atoms with Crippen LogP contribution in [0.5, 0.6) is 0 Å². The normalized spacial score (nSPS) is 15.4. The van der Waals surface area contributed by atoms with Crippen molar-refractivity contribution in [2.75, 3.05) is 14.2 Å². The molecule has 34 heavy (non-hydrogen) atoms. The second kappa shape index (κ2) is 9.70. The predicted octanol–water partition coefficient (Wildman–Crippen LogP) is 4.54. The fourth-order valence-electron chi connectivity index (χ4n) is 3.42. The number of ether oxygens (including phenoxy) is 2. The van der Waals surface area contributed by atoms with E-state index in [1.54, 1.807) is 23.7 Å². The lowest BCUT2D eigenvalue weighted by Gasteiger charge is -2.27. The molecule has 0 bridgehead atoms. The number of hydrogen-bond acceptors (Lipinski definition) is 8. The van der Waals surface area contributed by atoms with Crippen molar-refractivity contribution in [2.24, 2.45) is 4.99 Å². The van der Waals surface area contributed by atoms with Crippen molar-refractivity contribution < 1.29 is 27.8 Å². The Morgan fingerprint density at radius 1 is 1.06 bits per heavy atom. The van der Waals surface area contributed by atoms with Gasteiger partial charge in [-0.2, -0.15) is 0 Å². The summed E-state index contributed by atoms with van der Waals surface area (Å²) in [5.41, 5.74) is 1.17. The summed E-state index contributed by atoms with van der Waals surface area (Å²) in [5.74, 6) is -3.37. The van der Waals surface area contributed by atoms with E-state index in [1.165, 1.54) is 43.8 Å². The molecule has 11 heteroatoms. The molecule has 2 aromatic carbocycles. The number of methoxy groups -OCH3 is 2. The average molecular weight is 504 g/mol. The molecular weight excluding hydrogens is 488 g/mol. The standard InChI is InChI=1S/C23H16ClF2N3O4S/c1-32-22(30)12-5-3-11(4-6-12)18-15(23(31)33-2)19(13-7-8-14(25)17(26)16(13)24)29-20(28-18)21-27-9-10-34-21/h3-10,19H,1-2H3,(H,28,29). The fraction of sp³-hybridized carbons (Fsp3) is 0.130. The number of aromatic nitrogens is 1. The Labute approximate surface area is 201 Å². The van der Waals surface area contributed by atoms with Crippen LogP contribution in [0.3, 0.4) is 0 Å². The van der Waals surface area contributed by atoms with Crippen LogP contribution in [0, 0.1) is 11.6 Å². The van der Waals surface area contributed by atoms with Crippen molar-refractivity contribution in [1.82, 2.24) is 10.3 Å². The fourth-order valence-corrected chi connectivity index (χ4v) is 4.26. The maximum absolute atomic E-state index is 14.3. The topological polar surface area (TPSA) is 89.9 Å². The predicted molar refractivity (Wildman–Crippen MR) is 123 cm³/mol. The zero-order valence-corrected chi connectivity index (χ0v) is 19.3. The number of thiazole rings is 1. The zero-order chi connectivity index (χ0) is 24.4. The molecule has 1 aliphatic heterocycles. The summed E-state index contributed by atoms with van der Waals surface area (Å²) in [6, 6.07) is 7.30. The smallest absolute Gasteiger partial charge is 0.338 e. The highest BCUT2D eigenvalue weighted by Crippen LogP contribution is 2.40. The molecular formula is C23H16ClF2N3O4S. The minimum absolute atomic E-state index is 0.0153. The summed E-state index contributed by atoms with van der Waals surface area (Å²) in [5, 5.41) is 4.83. The molecule has 0 fully saturated rings. The minimum atomic E-state index is -1.25. The van der Waals surface area contributed by atoms with Gasteiger partial charge < -0.3 is 14.8 Å². The van der Waals surface area contributed by atoms with E-state index in [4.69, 9.17) is 21.1 Å². The SMILES string of the molecule is COC(=O)C1=C(c2ccc(C(=O)OC)cc2)NC(c2nccs2)=NC1c1ccc(F)c(F)c1Cl. The molecule has 3 aromatic rings. The van der Waals surface area contributed by atoms with Crippen molar-refractivity contribution in [1.29, 1.82) is 0 Å². The monoisotopic (exact) mass is 503 g/mol. The van der Waals surface area contributed by atoms with Crippen molar-refractivity contribution in [2.45, 2.75) is 6.04 Å². The molecule has 4 rings (SSSR count). The quantitative estimate of drug-likeness (QED) is 0.406. The summed E-state index contributed by atoms with van der Waals surface area (Å²) in [6.45, 7) is 0. The Morgan fingerprint density at radius 3 is 2.38 bits per heavy atom. The molecule has 0 aliphatic carbocycles. The number of esters is 2. The van der Waals surface area contributed by atoms with Gasteiger partial charge in [-0.05, 0) is 23.8 Å². The van der Waals surface area contributed by atoms with E-state index >= 15 is 0 Å². The Morgan fingerprint density at radius 2 is 1.76 bits per heavy atom. The lowest BCUT2D eigenvalue weighted by Crippen LogP contribution is -2.33. The van der Waals surface area contributed by atoms with Crippen LogP contribution in [0.2, 0.25) is 5.02 Å². The van der Waals surface area contributed by atoms with E-state index in [0.29, 0.717) is 22.0 Å². The number of carbonyl (C=O) groups is 2. The molecule has 1 unspecified atom stereocenters. The first-order valence-corrected chi connectivity index (χ1v) is 11.0. The lowest BCUT2D eigenvalue weighted by atomic mass is 9.92. The molecule has 0 amide bonds. The maximum Gasteiger partial charge on any atom is 0.338 e. The van der Waals surface area contributed by atoms with Crippen LogP contribution < -0.4 is 5.32 Å². The highest BCUT2D eigenvalue weighted by Gasteiger charge is 2.35. The minimum Gasteiger partial charge on any atom is -0.466 e. The van der Waals surface area contributed by atoms with Gasteiger partial charge in [-0.3, -0.25) is 4.99 Å². The highest BCUT2D eigenvalue weighted by atomic mass is 35.5. The number of hydrogen-bond donors (Lipinski definition) is 1. The first-order valence-electron chi connectivity index (χ1n) is 9.75. The third kappa shape index (κ3) is 4.29. The van der Waals surface area contributed by atoms with Crippen molar-refractivity contribution in [3.05, 3.63) is 91.9 Å². The van der Waals surface area contributed by atoms with Gasteiger partial charge in [0, 0.05) is 17.1 Å². The molecule has 1 aliphatic rings. The van der Waals surface area contributed by atoms with Crippen molar-refractivity contribution in [3.8, 4) is 0 Å². The van der Waals surface area contributed by atoms with Gasteiger partial charge in [0.25, 0.3) is 0 Å². The molecule has 0 saturated carbocycles. The number of nitrogens with zero attached hydrogens (tertiary/aromatic N) is 2. The zero-order valence-electron chi connectivity index (χ0n) is 17.8. The van der Waals surface area contributed by atoms with Crippen LogP contribution in [-0.2, 0) is 14.3 Å². The van der Waals surface area contributed by atoms with Gasteiger partial charge in [-0.15, -0.1) is 11.3 Å². The second-order valence-electron chi connectivity index (χ2n) is 6.96. The Hall–Kier alpha value is -3.63. The van der Waals surface area contributed by atoms with Gasteiger partial charge in [-0.1, -0.05) is 29.8 Å². The molecule has 0 radical (unpaired) electrons. The molecule has 1 aromatic heterocycles. The number of amidine groups is 1. The van der Waals surface area contributed by atoms with Gasteiger partial charge in [-0.25, -0.2) is 23.4 Å². The number of nitrogens with one attached hydrogen (secondary N) is 1.